The van der Waals surface area contributed by atoms with Crippen LogP contribution in [0.1, 0.15) is 11.4 Å². The fraction of sp³-hybridized carbons (Fsp3) is 0.188. The molecule has 3 aromatic rings. The van der Waals surface area contributed by atoms with Crippen molar-refractivity contribution in [2.45, 2.75) is 12.7 Å². The number of ether oxygens (including phenoxy) is 1. The molecular weight excluding hydrogens is 469 g/mol. The van der Waals surface area contributed by atoms with Gasteiger partial charge in [-0.05, 0) is 24.3 Å². The Hall–Kier alpha value is -2.53. The first-order chi connectivity index (χ1) is 13.1. The molecule has 148 valence electrons. The van der Waals surface area contributed by atoms with Crippen LogP contribution >= 0.6 is 27.5 Å². The van der Waals surface area contributed by atoms with Crippen molar-refractivity contribution >= 4 is 27.5 Å². The Morgan fingerprint density at radius 3 is 2.57 bits per heavy atom. The van der Waals surface area contributed by atoms with E-state index in [2.05, 4.69) is 26.1 Å². The van der Waals surface area contributed by atoms with Gasteiger partial charge in [0.2, 0.25) is 5.75 Å². The van der Waals surface area contributed by atoms with Gasteiger partial charge in [0.15, 0.2) is 5.82 Å². The van der Waals surface area contributed by atoms with Crippen LogP contribution in [0.2, 0.25) is 5.02 Å². The fourth-order valence-corrected chi connectivity index (χ4v) is 3.21. The highest BCUT2D eigenvalue weighted by Gasteiger charge is 2.36. The highest BCUT2D eigenvalue weighted by Crippen LogP contribution is 2.37. The number of hydrogen-bond donors (Lipinski definition) is 1. The third kappa shape index (κ3) is 4.14. The Bertz CT molecular complexity index is 1130. The highest BCUT2D eigenvalue weighted by atomic mass is 79.9. The van der Waals surface area contributed by atoms with E-state index in [-0.39, 0.29) is 23.1 Å². The smallest absolute Gasteiger partial charge is 0.420 e. The lowest BCUT2D eigenvalue weighted by molar-refractivity contribution is -0.138. The van der Waals surface area contributed by atoms with Crippen LogP contribution in [0.3, 0.4) is 0 Å². The maximum Gasteiger partial charge on any atom is 0.420 e. The van der Waals surface area contributed by atoms with E-state index in [1.165, 1.54) is 25.2 Å². The number of aromatic amines is 1. The lowest BCUT2D eigenvalue weighted by atomic mass is 10.2. The number of alkyl halides is 3. The second kappa shape index (κ2) is 7.47. The minimum atomic E-state index is -4.82. The molecule has 28 heavy (non-hydrogen) atoms. The largest absolute Gasteiger partial charge is 0.451 e. The predicted molar refractivity (Wildman–Crippen MR) is 97.9 cm³/mol. The molecule has 0 aliphatic carbocycles. The number of halogens is 5. The minimum absolute atomic E-state index is 0.0492. The van der Waals surface area contributed by atoms with E-state index in [1.807, 2.05) is 0 Å². The maximum absolute atomic E-state index is 13.4. The van der Waals surface area contributed by atoms with Gasteiger partial charge in [0.25, 0.3) is 5.56 Å². The number of rotatable bonds is 4. The molecule has 0 amide bonds. The van der Waals surface area contributed by atoms with Crippen LogP contribution in [0.4, 0.5) is 13.2 Å². The normalized spacial score (nSPS) is 11.6. The summed E-state index contributed by atoms with van der Waals surface area (Å²) in [5.41, 5.74) is -2.79. The molecule has 0 bridgehead atoms. The number of benzene rings is 1. The molecule has 3 rings (SSSR count). The molecule has 0 aliphatic heterocycles. The van der Waals surface area contributed by atoms with Gasteiger partial charge in [0, 0.05) is 22.7 Å². The topological polar surface area (TPSA) is 81.9 Å². The fourth-order valence-electron chi connectivity index (χ4n) is 2.38. The Labute approximate surface area is 168 Å². The molecule has 12 heteroatoms. The Morgan fingerprint density at radius 2 is 2.00 bits per heavy atom. The number of nitrogens with one attached hydrogen (secondary N) is 1. The zero-order valence-electron chi connectivity index (χ0n) is 14.1. The van der Waals surface area contributed by atoms with E-state index < -0.39 is 28.7 Å². The zero-order chi connectivity index (χ0) is 20.6. The van der Waals surface area contributed by atoms with Crippen LogP contribution in [-0.2, 0) is 19.8 Å². The summed E-state index contributed by atoms with van der Waals surface area (Å²) in [6.07, 6.45) is -3.85. The molecule has 0 radical (unpaired) electrons. The summed E-state index contributed by atoms with van der Waals surface area (Å²) in [5, 5.41) is 6.14. The van der Waals surface area contributed by atoms with E-state index in [0.717, 1.165) is 21.4 Å². The first-order valence-corrected chi connectivity index (χ1v) is 8.78. The summed E-state index contributed by atoms with van der Waals surface area (Å²) in [6, 6.07) is 4.89. The molecule has 0 atom stereocenters. The monoisotopic (exact) mass is 478 g/mol. The third-order valence-electron chi connectivity index (χ3n) is 3.77. The zero-order valence-corrected chi connectivity index (χ0v) is 16.4. The van der Waals surface area contributed by atoms with E-state index in [1.54, 1.807) is 0 Å². The molecule has 0 saturated heterocycles. The molecule has 0 spiro atoms. The van der Waals surface area contributed by atoms with Crippen LogP contribution in [-0.4, -0.2) is 19.3 Å². The first kappa shape index (κ1) is 20.2. The summed E-state index contributed by atoms with van der Waals surface area (Å²) in [5.74, 6) is -0.806. The number of pyridine rings is 1. The van der Waals surface area contributed by atoms with Crippen LogP contribution in [0, 0.1) is 0 Å². The predicted octanol–water partition coefficient (Wildman–Crippen LogP) is 3.55. The summed E-state index contributed by atoms with van der Waals surface area (Å²) in [7, 11) is 1.41. The van der Waals surface area contributed by atoms with Crippen molar-refractivity contribution in [1.29, 1.82) is 0 Å². The van der Waals surface area contributed by atoms with Crippen molar-refractivity contribution in [2.24, 2.45) is 7.05 Å². The van der Waals surface area contributed by atoms with Gasteiger partial charge in [0.1, 0.15) is 11.3 Å². The summed E-state index contributed by atoms with van der Waals surface area (Å²) >= 11 is 9.04. The van der Waals surface area contributed by atoms with Crippen molar-refractivity contribution in [3.8, 4) is 11.5 Å². The molecule has 7 nitrogen and oxygen atoms in total. The average molecular weight is 480 g/mol. The maximum atomic E-state index is 13.4. The van der Waals surface area contributed by atoms with Crippen LogP contribution in [0.15, 0.2) is 44.5 Å². The van der Waals surface area contributed by atoms with Gasteiger partial charge < -0.3 is 9.30 Å². The first-order valence-electron chi connectivity index (χ1n) is 7.61. The SMILES string of the molecule is Cn1c(Cn2ccc(C(F)(F)F)c(Oc3cc(Cl)cc(Br)c3)c2=O)n[nH]c1=O. The van der Waals surface area contributed by atoms with Gasteiger partial charge in [-0.25, -0.2) is 9.89 Å². The molecule has 0 unspecified atom stereocenters. The molecular formula is C16H11BrClF3N4O3. The third-order valence-corrected chi connectivity index (χ3v) is 4.44. The van der Waals surface area contributed by atoms with Gasteiger partial charge in [-0.2, -0.15) is 18.3 Å². The number of H-pyrrole nitrogens is 1. The summed E-state index contributed by atoms with van der Waals surface area (Å²) in [6.45, 7) is -0.234. The lowest BCUT2D eigenvalue weighted by Gasteiger charge is -2.15. The second-order valence-electron chi connectivity index (χ2n) is 5.70. The lowest BCUT2D eigenvalue weighted by Crippen LogP contribution is -2.26. The number of hydrogen-bond acceptors (Lipinski definition) is 4. The van der Waals surface area contributed by atoms with Crippen molar-refractivity contribution < 1.29 is 17.9 Å². The van der Waals surface area contributed by atoms with Crippen LogP contribution < -0.4 is 16.0 Å². The highest BCUT2D eigenvalue weighted by molar-refractivity contribution is 9.10. The standard InChI is InChI=1S/C16H11BrClF3N4O3/c1-24-12(22-23-15(24)27)7-25-3-2-11(16(19,20)21)13(14(25)26)28-10-5-8(17)4-9(18)6-10/h2-6H,7H2,1H3,(H,23,27). The van der Waals surface area contributed by atoms with Gasteiger partial charge in [-0.3, -0.25) is 9.36 Å². The molecule has 0 saturated carbocycles. The second-order valence-corrected chi connectivity index (χ2v) is 7.05. The van der Waals surface area contributed by atoms with Crippen molar-refractivity contribution in [3.63, 3.8) is 0 Å². The van der Waals surface area contributed by atoms with Gasteiger partial charge in [-0.15, -0.1) is 0 Å². The van der Waals surface area contributed by atoms with Crippen LogP contribution in [0.5, 0.6) is 11.5 Å². The Balaban J connectivity index is 2.10. The van der Waals surface area contributed by atoms with E-state index in [0.29, 0.717) is 4.47 Å². The molecule has 2 heterocycles. The molecule has 2 aromatic heterocycles. The minimum Gasteiger partial charge on any atom is -0.451 e. The molecule has 1 N–H and O–H groups in total. The number of aromatic nitrogens is 4. The molecule has 0 fully saturated rings. The Kier molecular flexibility index (Phi) is 5.39. The van der Waals surface area contributed by atoms with Gasteiger partial charge in [-0.1, -0.05) is 27.5 Å². The quantitative estimate of drug-likeness (QED) is 0.621. The van der Waals surface area contributed by atoms with E-state index in [9.17, 15) is 22.8 Å². The summed E-state index contributed by atoms with van der Waals surface area (Å²) < 4.78 is 48.0. The van der Waals surface area contributed by atoms with Crippen molar-refractivity contribution in [3.05, 3.63) is 72.2 Å². The van der Waals surface area contributed by atoms with Crippen molar-refractivity contribution in [1.82, 2.24) is 19.3 Å². The van der Waals surface area contributed by atoms with E-state index >= 15 is 0 Å². The van der Waals surface area contributed by atoms with E-state index in [4.69, 9.17) is 16.3 Å². The van der Waals surface area contributed by atoms with Crippen molar-refractivity contribution in [2.75, 3.05) is 0 Å². The summed E-state index contributed by atoms with van der Waals surface area (Å²) in [4.78, 5) is 24.1. The number of nitrogens with zero attached hydrogens (tertiary/aromatic N) is 3. The van der Waals surface area contributed by atoms with Crippen LogP contribution in [0.25, 0.3) is 0 Å². The Morgan fingerprint density at radius 1 is 1.29 bits per heavy atom. The molecule has 0 aliphatic rings. The van der Waals surface area contributed by atoms with Gasteiger partial charge >= 0.3 is 11.9 Å². The average Bonchev–Trinajstić information content (AvgIpc) is 2.88. The molecule has 1 aromatic carbocycles. The van der Waals surface area contributed by atoms with Gasteiger partial charge in [0.05, 0.1) is 6.54 Å².